The fourth-order valence-corrected chi connectivity index (χ4v) is 1.55. The van der Waals surface area contributed by atoms with Gasteiger partial charge in [0.2, 0.25) is 0 Å². The highest BCUT2D eigenvalue weighted by Crippen LogP contribution is 2.19. The standard InChI is InChI=1S/C15H16ClFO/c1-4-5-15(12(3)17)18-14-8-6-13(7-9-14)10-11(2)16/h4-9H,2,10H2,1,3H3/b5-4-,15-12-. The van der Waals surface area contributed by atoms with E-state index in [0.29, 0.717) is 17.2 Å². The molecule has 0 aromatic heterocycles. The van der Waals surface area contributed by atoms with E-state index < -0.39 is 0 Å². The summed E-state index contributed by atoms with van der Waals surface area (Å²) in [6, 6.07) is 7.32. The summed E-state index contributed by atoms with van der Waals surface area (Å²) in [5, 5.41) is 0.581. The summed E-state index contributed by atoms with van der Waals surface area (Å²) in [6.07, 6.45) is 3.93. The lowest BCUT2D eigenvalue weighted by atomic mass is 10.1. The molecule has 0 aliphatic rings. The third kappa shape index (κ3) is 4.76. The average molecular weight is 267 g/mol. The molecule has 0 saturated carbocycles. The Labute approximate surface area is 112 Å². The van der Waals surface area contributed by atoms with Gasteiger partial charge in [-0.15, -0.1) is 0 Å². The maximum absolute atomic E-state index is 13.2. The van der Waals surface area contributed by atoms with E-state index in [1.807, 2.05) is 19.1 Å². The molecule has 3 heteroatoms. The van der Waals surface area contributed by atoms with Crippen LogP contribution >= 0.6 is 11.6 Å². The molecule has 0 bridgehead atoms. The van der Waals surface area contributed by atoms with Gasteiger partial charge in [-0.3, -0.25) is 0 Å². The summed E-state index contributed by atoms with van der Waals surface area (Å²) in [7, 11) is 0. The van der Waals surface area contributed by atoms with Crippen molar-refractivity contribution in [2.24, 2.45) is 0 Å². The zero-order valence-electron chi connectivity index (χ0n) is 10.5. The fraction of sp³-hybridized carbons (Fsp3) is 0.200. The summed E-state index contributed by atoms with van der Waals surface area (Å²) in [5.41, 5.74) is 1.04. The van der Waals surface area contributed by atoms with Crippen molar-refractivity contribution in [3.63, 3.8) is 0 Å². The van der Waals surface area contributed by atoms with Gasteiger partial charge in [-0.25, -0.2) is 4.39 Å². The average Bonchev–Trinajstić information content (AvgIpc) is 2.30. The molecule has 0 atom stereocenters. The van der Waals surface area contributed by atoms with Crippen LogP contribution in [0.5, 0.6) is 5.75 Å². The summed E-state index contributed by atoms with van der Waals surface area (Å²) in [5.74, 6) is 0.447. The molecule has 0 radical (unpaired) electrons. The van der Waals surface area contributed by atoms with Gasteiger partial charge in [-0.1, -0.05) is 36.4 Å². The van der Waals surface area contributed by atoms with E-state index in [1.54, 1.807) is 24.3 Å². The SMILES string of the molecule is C=C(Cl)Cc1ccc(OC(/C=C\C)=C(/C)F)cc1. The van der Waals surface area contributed by atoms with Gasteiger partial charge in [-0.05, 0) is 37.6 Å². The molecule has 0 spiro atoms. The third-order valence-corrected chi connectivity index (χ3v) is 2.34. The van der Waals surface area contributed by atoms with Crippen LogP contribution in [0.15, 0.2) is 59.6 Å². The highest BCUT2D eigenvalue weighted by molar-refractivity contribution is 6.29. The minimum Gasteiger partial charge on any atom is -0.455 e. The fourth-order valence-electron chi connectivity index (χ4n) is 1.39. The van der Waals surface area contributed by atoms with Crippen LogP contribution in [0.4, 0.5) is 4.39 Å². The summed E-state index contributed by atoms with van der Waals surface area (Å²) < 4.78 is 18.6. The molecule has 0 aliphatic heterocycles. The first-order valence-corrected chi connectivity index (χ1v) is 6.00. The normalized spacial score (nSPS) is 12.4. The first-order chi connectivity index (χ1) is 8.52. The Morgan fingerprint density at radius 3 is 2.44 bits per heavy atom. The lowest BCUT2D eigenvalue weighted by Gasteiger charge is -2.07. The molecule has 1 rings (SSSR count). The van der Waals surface area contributed by atoms with Gasteiger partial charge in [0.25, 0.3) is 0 Å². The lowest BCUT2D eigenvalue weighted by Crippen LogP contribution is -1.94. The Kier molecular flexibility index (Phi) is 5.66. The maximum atomic E-state index is 13.2. The second-order valence-corrected chi connectivity index (χ2v) is 4.37. The van der Waals surface area contributed by atoms with Gasteiger partial charge in [0.05, 0.1) is 0 Å². The van der Waals surface area contributed by atoms with Crippen molar-refractivity contribution in [3.8, 4) is 5.75 Å². The van der Waals surface area contributed by atoms with Crippen molar-refractivity contribution in [1.82, 2.24) is 0 Å². The summed E-state index contributed by atoms with van der Waals surface area (Å²) in [6.45, 7) is 6.81. The molecule has 18 heavy (non-hydrogen) atoms. The topological polar surface area (TPSA) is 9.23 Å². The highest BCUT2D eigenvalue weighted by atomic mass is 35.5. The largest absolute Gasteiger partial charge is 0.455 e. The van der Waals surface area contributed by atoms with Gasteiger partial charge < -0.3 is 4.74 Å². The molecule has 0 unspecified atom stereocenters. The minimum absolute atomic E-state index is 0.215. The first-order valence-electron chi connectivity index (χ1n) is 5.62. The Morgan fingerprint density at radius 2 is 2.00 bits per heavy atom. The molecule has 0 N–H and O–H groups in total. The van der Waals surface area contributed by atoms with Crippen molar-refractivity contribution >= 4 is 11.6 Å². The van der Waals surface area contributed by atoms with Crippen molar-refractivity contribution < 1.29 is 9.13 Å². The molecule has 0 saturated heterocycles. The number of hydrogen-bond donors (Lipinski definition) is 0. The van der Waals surface area contributed by atoms with Crippen molar-refractivity contribution in [2.75, 3.05) is 0 Å². The number of allylic oxidation sites excluding steroid dienone is 4. The van der Waals surface area contributed by atoms with Gasteiger partial charge >= 0.3 is 0 Å². The van der Waals surface area contributed by atoms with E-state index in [4.69, 9.17) is 16.3 Å². The number of hydrogen-bond acceptors (Lipinski definition) is 1. The van der Waals surface area contributed by atoms with Crippen molar-refractivity contribution in [3.05, 3.63) is 65.2 Å². The quantitative estimate of drug-likeness (QED) is 0.530. The molecule has 1 nitrogen and oxygen atoms in total. The van der Waals surface area contributed by atoms with Crippen LogP contribution in [-0.4, -0.2) is 0 Å². The van der Waals surface area contributed by atoms with Crippen LogP contribution in [0.2, 0.25) is 0 Å². The van der Waals surface area contributed by atoms with Crippen LogP contribution in [0, 0.1) is 0 Å². The van der Waals surface area contributed by atoms with Gasteiger partial charge in [0.15, 0.2) is 5.76 Å². The van der Waals surface area contributed by atoms with Crippen LogP contribution in [0.1, 0.15) is 19.4 Å². The van der Waals surface area contributed by atoms with Crippen LogP contribution in [-0.2, 0) is 6.42 Å². The first kappa shape index (κ1) is 14.5. The van der Waals surface area contributed by atoms with Gasteiger partial charge in [0.1, 0.15) is 11.6 Å². The monoisotopic (exact) mass is 266 g/mol. The highest BCUT2D eigenvalue weighted by Gasteiger charge is 2.02. The Balaban J connectivity index is 2.80. The predicted octanol–water partition coefficient (Wildman–Crippen LogP) is 5.14. The number of rotatable bonds is 5. The second-order valence-electron chi connectivity index (χ2n) is 3.84. The Hall–Kier alpha value is -1.54. The van der Waals surface area contributed by atoms with Gasteiger partial charge in [-0.2, -0.15) is 0 Å². The van der Waals surface area contributed by atoms with E-state index in [9.17, 15) is 4.39 Å². The maximum Gasteiger partial charge on any atom is 0.158 e. The number of halogens is 2. The Morgan fingerprint density at radius 1 is 1.39 bits per heavy atom. The zero-order valence-corrected chi connectivity index (χ0v) is 11.3. The van der Waals surface area contributed by atoms with Crippen LogP contribution in [0.25, 0.3) is 0 Å². The molecule has 0 aliphatic carbocycles. The molecule has 0 heterocycles. The van der Waals surface area contributed by atoms with E-state index in [0.717, 1.165) is 5.56 Å². The van der Waals surface area contributed by atoms with E-state index in [-0.39, 0.29) is 11.6 Å². The summed E-state index contributed by atoms with van der Waals surface area (Å²) in [4.78, 5) is 0. The molecule has 0 fully saturated rings. The predicted molar refractivity (Wildman–Crippen MR) is 74.4 cm³/mol. The number of benzene rings is 1. The Bertz CT molecular complexity index is 468. The van der Waals surface area contributed by atoms with E-state index in [1.165, 1.54) is 6.92 Å². The summed E-state index contributed by atoms with van der Waals surface area (Å²) >= 11 is 5.73. The van der Waals surface area contributed by atoms with E-state index in [2.05, 4.69) is 6.58 Å². The molecule has 1 aromatic carbocycles. The van der Waals surface area contributed by atoms with Crippen molar-refractivity contribution in [1.29, 1.82) is 0 Å². The zero-order chi connectivity index (χ0) is 13.5. The second kappa shape index (κ2) is 7.02. The molecule has 1 aromatic rings. The van der Waals surface area contributed by atoms with Gasteiger partial charge in [0, 0.05) is 11.5 Å². The molecular weight excluding hydrogens is 251 g/mol. The smallest absolute Gasteiger partial charge is 0.158 e. The third-order valence-electron chi connectivity index (χ3n) is 2.20. The lowest BCUT2D eigenvalue weighted by molar-refractivity contribution is 0.414. The molecular formula is C15H16ClFO. The number of ether oxygens (including phenoxy) is 1. The molecule has 0 amide bonds. The van der Waals surface area contributed by atoms with Crippen LogP contribution in [0.3, 0.4) is 0 Å². The minimum atomic E-state index is -0.355. The molecule has 96 valence electrons. The van der Waals surface area contributed by atoms with Crippen LogP contribution < -0.4 is 4.74 Å². The van der Waals surface area contributed by atoms with Crippen molar-refractivity contribution in [2.45, 2.75) is 20.3 Å². The van der Waals surface area contributed by atoms with E-state index >= 15 is 0 Å².